The lowest BCUT2D eigenvalue weighted by molar-refractivity contribution is -0.126. The van der Waals surface area contributed by atoms with Crippen LogP contribution in [0, 0.1) is 0 Å². The number of hydrogen-bond donors (Lipinski definition) is 0. The quantitative estimate of drug-likeness (QED) is 0.379. The van der Waals surface area contributed by atoms with E-state index in [0.29, 0.717) is 19.7 Å². The van der Waals surface area contributed by atoms with Gasteiger partial charge in [-0.2, -0.15) is 0 Å². The topological polar surface area (TPSA) is 59.3 Å². The Morgan fingerprint density at radius 1 is 0.971 bits per heavy atom. The predicted octanol–water partition coefficient (Wildman–Crippen LogP) is 4.28. The molecule has 0 saturated carbocycles. The summed E-state index contributed by atoms with van der Waals surface area (Å²) in [7, 11) is 1.68. The minimum absolute atomic E-state index is 0.0249. The van der Waals surface area contributed by atoms with Gasteiger partial charge in [0, 0.05) is 44.6 Å². The molecule has 1 aliphatic rings. The molecule has 0 bridgehead atoms. The number of benzene rings is 2. The third kappa shape index (κ3) is 5.30. The molecule has 35 heavy (non-hydrogen) atoms. The highest BCUT2D eigenvalue weighted by Crippen LogP contribution is 2.28. The summed E-state index contributed by atoms with van der Waals surface area (Å²) in [4.78, 5) is 21.4. The number of imidazole rings is 1. The summed E-state index contributed by atoms with van der Waals surface area (Å²) in [6, 6.07) is 21.6. The van der Waals surface area contributed by atoms with Gasteiger partial charge in [0.15, 0.2) is 0 Å². The number of rotatable bonds is 7. The van der Waals surface area contributed by atoms with Crippen LogP contribution in [-0.4, -0.2) is 53.5 Å². The molecule has 4 aromatic rings. The molecule has 7 nitrogen and oxygen atoms in total. The van der Waals surface area contributed by atoms with Crippen LogP contribution in [0.2, 0.25) is 0 Å². The van der Waals surface area contributed by atoms with E-state index in [1.807, 2.05) is 88.4 Å². The van der Waals surface area contributed by atoms with Crippen LogP contribution in [0.1, 0.15) is 11.3 Å². The van der Waals surface area contributed by atoms with Gasteiger partial charge in [0.05, 0.1) is 18.5 Å². The second kappa shape index (κ2) is 10.3. The van der Waals surface area contributed by atoms with Crippen molar-refractivity contribution in [3.8, 4) is 11.5 Å². The Kier molecular flexibility index (Phi) is 6.66. The average Bonchev–Trinajstić information content (AvgIpc) is 3.34. The largest absolute Gasteiger partial charge is 0.495 e. The maximum absolute atomic E-state index is 12.7. The van der Waals surface area contributed by atoms with Crippen LogP contribution in [0.4, 0.5) is 5.69 Å². The summed E-state index contributed by atoms with van der Waals surface area (Å²) in [6.07, 6.45) is 7.43. The Morgan fingerprint density at radius 3 is 2.51 bits per heavy atom. The van der Waals surface area contributed by atoms with Gasteiger partial charge in [-0.25, -0.2) is 4.98 Å². The number of pyridine rings is 1. The van der Waals surface area contributed by atoms with Gasteiger partial charge >= 0.3 is 0 Å². The third-order valence-electron chi connectivity index (χ3n) is 6.12. The number of carbonyl (C=O) groups is 1. The highest BCUT2D eigenvalue weighted by Gasteiger charge is 2.21. The van der Waals surface area contributed by atoms with Crippen LogP contribution < -0.4 is 14.4 Å². The van der Waals surface area contributed by atoms with E-state index >= 15 is 0 Å². The van der Waals surface area contributed by atoms with Gasteiger partial charge < -0.3 is 23.7 Å². The molecular weight excluding hydrogens is 440 g/mol. The minimum Gasteiger partial charge on any atom is -0.495 e. The number of amides is 1. The van der Waals surface area contributed by atoms with Crippen LogP contribution in [0.3, 0.4) is 0 Å². The van der Waals surface area contributed by atoms with E-state index in [0.717, 1.165) is 47.2 Å². The van der Waals surface area contributed by atoms with Gasteiger partial charge in [-0.15, -0.1) is 0 Å². The maximum atomic E-state index is 12.7. The molecule has 0 atom stereocenters. The number of piperazine rings is 1. The van der Waals surface area contributed by atoms with Crippen molar-refractivity contribution in [1.82, 2.24) is 14.3 Å². The third-order valence-corrected chi connectivity index (χ3v) is 6.12. The molecule has 5 rings (SSSR count). The molecule has 0 N–H and O–H groups in total. The molecule has 3 heterocycles. The standard InChI is InChI=1S/C28H28N4O3/c1-34-26-7-3-2-6-25(26)30-16-18-31(19-17-30)28(33)14-11-22-9-12-24(13-10-22)35-21-23-20-32-15-5-4-8-27(32)29-23/h2-15,20H,16-19,21H2,1H3. The lowest BCUT2D eigenvalue weighted by Crippen LogP contribution is -2.48. The second-order valence-corrected chi connectivity index (χ2v) is 8.37. The molecule has 7 heteroatoms. The normalized spacial score (nSPS) is 14.0. The predicted molar refractivity (Wildman–Crippen MR) is 137 cm³/mol. The van der Waals surface area contributed by atoms with Gasteiger partial charge in [0.1, 0.15) is 23.8 Å². The summed E-state index contributed by atoms with van der Waals surface area (Å²) in [5.74, 6) is 1.65. The second-order valence-electron chi connectivity index (χ2n) is 8.37. The van der Waals surface area contributed by atoms with Crippen molar-refractivity contribution in [2.45, 2.75) is 6.61 Å². The van der Waals surface area contributed by atoms with Crippen LogP contribution in [0.25, 0.3) is 11.7 Å². The van der Waals surface area contributed by atoms with Crippen molar-refractivity contribution in [2.75, 3.05) is 38.2 Å². The number of carbonyl (C=O) groups excluding carboxylic acids is 1. The molecular formula is C28H28N4O3. The first-order chi connectivity index (χ1) is 17.2. The summed E-state index contributed by atoms with van der Waals surface area (Å²) in [5, 5.41) is 0. The first-order valence-electron chi connectivity index (χ1n) is 11.7. The first kappa shape index (κ1) is 22.5. The Morgan fingerprint density at radius 2 is 1.74 bits per heavy atom. The lowest BCUT2D eigenvalue weighted by Gasteiger charge is -2.36. The zero-order valence-corrected chi connectivity index (χ0v) is 19.7. The van der Waals surface area contributed by atoms with E-state index in [9.17, 15) is 4.79 Å². The fourth-order valence-electron chi connectivity index (χ4n) is 4.22. The SMILES string of the molecule is COc1ccccc1N1CCN(C(=O)C=Cc2ccc(OCc3cn4ccccc4n3)cc2)CC1. The van der Waals surface area contributed by atoms with Crippen molar-refractivity contribution in [1.29, 1.82) is 0 Å². The number of nitrogens with zero attached hydrogens (tertiary/aromatic N) is 4. The van der Waals surface area contributed by atoms with Crippen molar-refractivity contribution in [2.24, 2.45) is 0 Å². The Labute approximate surface area is 204 Å². The van der Waals surface area contributed by atoms with Gasteiger partial charge in [0.25, 0.3) is 0 Å². The van der Waals surface area contributed by atoms with Gasteiger partial charge in [-0.1, -0.05) is 30.3 Å². The molecule has 1 saturated heterocycles. The highest BCUT2D eigenvalue weighted by atomic mass is 16.5. The van der Waals surface area contributed by atoms with E-state index in [-0.39, 0.29) is 5.91 Å². The van der Waals surface area contributed by atoms with Crippen LogP contribution in [-0.2, 0) is 11.4 Å². The molecule has 1 fully saturated rings. The zero-order valence-electron chi connectivity index (χ0n) is 19.7. The number of anilines is 1. The zero-order chi connectivity index (χ0) is 24.0. The monoisotopic (exact) mass is 468 g/mol. The molecule has 0 spiro atoms. The fraction of sp³-hybridized carbons (Fsp3) is 0.214. The van der Waals surface area contributed by atoms with E-state index in [1.54, 1.807) is 13.2 Å². The summed E-state index contributed by atoms with van der Waals surface area (Å²) in [5.41, 5.74) is 3.79. The average molecular weight is 469 g/mol. The Hall–Kier alpha value is -4.26. The van der Waals surface area contributed by atoms with Crippen LogP contribution in [0.15, 0.2) is 85.2 Å². The smallest absolute Gasteiger partial charge is 0.246 e. The van der Waals surface area contributed by atoms with Crippen LogP contribution in [0.5, 0.6) is 11.5 Å². The lowest BCUT2D eigenvalue weighted by atomic mass is 10.2. The molecule has 0 unspecified atom stereocenters. The van der Waals surface area contributed by atoms with Gasteiger partial charge in [-0.3, -0.25) is 4.79 Å². The number of para-hydroxylation sites is 2. The minimum atomic E-state index is 0.0249. The number of ether oxygens (including phenoxy) is 2. The molecule has 1 aliphatic heterocycles. The summed E-state index contributed by atoms with van der Waals surface area (Å²) < 4.78 is 13.3. The van der Waals surface area contributed by atoms with E-state index < -0.39 is 0 Å². The van der Waals surface area contributed by atoms with Crippen LogP contribution >= 0.6 is 0 Å². The number of hydrogen-bond acceptors (Lipinski definition) is 5. The summed E-state index contributed by atoms with van der Waals surface area (Å²) in [6.45, 7) is 3.31. The molecule has 1 amide bonds. The molecule has 0 radical (unpaired) electrons. The molecule has 2 aromatic carbocycles. The number of fused-ring (bicyclic) bond motifs is 1. The van der Waals surface area contributed by atoms with E-state index in [1.165, 1.54) is 0 Å². The van der Waals surface area contributed by atoms with Gasteiger partial charge in [-0.05, 0) is 48.0 Å². The summed E-state index contributed by atoms with van der Waals surface area (Å²) >= 11 is 0. The number of methoxy groups -OCH3 is 1. The molecule has 178 valence electrons. The Balaban J connectivity index is 1.12. The van der Waals surface area contributed by atoms with Gasteiger partial charge in [0.2, 0.25) is 5.91 Å². The van der Waals surface area contributed by atoms with Crippen molar-refractivity contribution in [3.05, 3.63) is 96.5 Å². The van der Waals surface area contributed by atoms with E-state index in [2.05, 4.69) is 16.0 Å². The maximum Gasteiger partial charge on any atom is 0.246 e. The molecule has 2 aromatic heterocycles. The fourth-order valence-corrected chi connectivity index (χ4v) is 4.22. The van der Waals surface area contributed by atoms with Crippen molar-refractivity contribution >= 4 is 23.3 Å². The number of aromatic nitrogens is 2. The van der Waals surface area contributed by atoms with Crippen molar-refractivity contribution < 1.29 is 14.3 Å². The first-order valence-corrected chi connectivity index (χ1v) is 11.7. The molecule has 0 aliphatic carbocycles. The van der Waals surface area contributed by atoms with Crippen molar-refractivity contribution in [3.63, 3.8) is 0 Å². The highest BCUT2D eigenvalue weighted by molar-refractivity contribution is 5.92. The van der Waals surface area contributed by atoms with E-state index in [4.69, 9.17) is 9.47 Å². The Bertz CT molecular complexity index is 1290.